The molecule has 6 heteroatoms. The van der Waals surface area contributed by atoms with Crippen LogP contribution in [0.1, 0.15) is 29.6 Å². The molecular weight excluding hydrogens is 300 g/mol. The summed E-state index contributed by atoms with van der Waals surface area (Å²) in [4.78, 5) is 12.4. The monoisotopic (exact) mass is 322 g/mol. The quantitative estimate of drug-likeness (QED) is 0.591. The van der Waals surface area contributed by atoms with Crippen LogP contribution in [0.15, 0.2) is 18.2 Å². The van der Waals surface area contributed by atoms with Gasteiger partial charge in [0.2, 0.25) is 0 Å². The molecule has 0 atom stereocenters. The van der Waals surface area contributed by atoms with E-state index in [2.05, 4.69) is 0 Å². The van der Waals surface area contributed by atoms with Crippen LogP contribution >= 0.6 is 0 Å². The molecule has 0 bridgehead atoms. The highest BCUT2D eigenvalue weighted by atomic mass is 16.7. The smallest absolute Gasteiger partial charge is 0.189 e. The van der Waals surface area contributed by atoms with Gasteiger partial charge in [-0.3, -0.25) is 4.79 Å². The maximum atomic E-state index is 12.4. The number of benzene rings is 1. The van der Waals surface area contributed by atoms with E-state index in [9.17, 15) is 4.79 Å². The molecule has 0 amide bonds. The fraction of sp³-hybridized carbons (Fsp3) is 0.588. The number of hydrogen-bond acceptors (Lipinski definition) is 6. The van der Waals surface area contributed by atoms with Crippen molar-refractivity contribution in [2.75, 3.05) is 40.3 Å². The van der Waals surface area contributed by atoms with Gasteiger partial charge in [-0.1, -0.05) is 0 Å². The molecule has 1 aromatic rings. The van der Waals surface area contributed by atoms with Crippen molar-refractivity contribution >= 4 is 5.78 Å². The van der Waals surface area contributed by atoms with Gasteiger partial charge in [0.15, 0.2) is 12.6 Å². The maximum absolute atomic E-state index is 12.4. The van der Waals surface area contributed by atoms with Crippen molar-refractivity contribution in [1.29, 1.82) is 0 Å². The van der Waals surface area contributed by atoms with Gasteiger partial charge in [-0.2, -0.15) is 0 Å². The molecule has 2 heterocycles. The number of carbonyl (C=O) groups excluding carboxylic acids is 1. The lowest BCUT2D eigenvalue weighted by molar-refractivity contribution is -0.0507. The Hall–Kier alpha value is -1.63. The molecule has 2 aliphatic rings. The second-order valence-electron chi connectivity index (χ2n) is 5.82. The summed E-state index contributed by atoms with van der Waals surface area (Å²) < 4.78 is 27.3. The summed E-state index contributed by atoms with van der Waals surface area (Å²) in [7, 11) is 1.62. The zero-order valence-corrected chi connectivity index (χ0v) is 13.3. The van der Waals surface area contributed by atoms with Gasteiger partial charge in [0.05, 0.1) is 38.4 Å². The van der Waals surface area contributed by atoms with Crippen molar-refractivity contribution < 1.29 is 28.5 Å². The highest BCUT2D eigenvalue weighted by Gasteiger charge is 2.41. The highest BCUT2D eigenvalue weighted by Crippen LogP contribution is 2.40. The van der Waals surface area contributed by atoms with E-state index in [-0.39, 0.29) is 12.6 Å². The van der Waals surface area contributed by atoms with Crippen molar-refractivity contribution in [3.63, 3.8) is 0 Å². The summed E-state index contributed by atoms with van der Waals surface area (Å²) >= 11 is 0. The Labute approximate surface area is 135 Å². The number of Topliss-reactive ketones (excluding diaryl/α,β-unsaturated/α-hetero) is 1. The summed E-state index contributed by atoms with van der Waals surface area (Å²) in [6.45, 7) is 2.39. The second-order valence-corrected chi connectivity index (χ2v) is 5.82. The summed E-state index contributed by atoms with van der Waals surface area (Å²) in [6, 6.07) is 5.29. The van der Waals surface area contributed by atoms with Crippen molar-refractivity contribution in [2.45, 2.75) is 24.9 Å². The molecule has 0 saturated carbocycles. The molecule has 3 rings (SSSR count). The third kappa shape index (κ3) is 3.83. The van der Waals surface area contributed by atoms with Gasteiger partial charge >= 0.3 is 0 Å². The number of hydrogen-bond donors (Lipinski definition) is 0. The van der Waals surface area contributed by atoms with E-state index in [1.54, 1.807) is 25.3 Å². The molecule has 0 N–H and O–H groups in total. The third-order valence-electron chi connectivity index (χ3n) is 4.21. The van der Waals surface area contributed by atoms with Crippen molar-refractivity contribution in [3.05, 3.63) is 23.8 Å². The van der Waals surface area contributed by atoms with Gasteiger partial charge in [0, 0.05) is 26.0 Å². The molecule has 0 aromatic heterocycles. The SMILES string of the molecule is COCCOCOc1ccc2c(c1)OC1(CCOCC1)CC2=O. The van der Waals surface area contributed by atoms with Gasteiger partial charge in [-0.25, -0.2) is 0 Å². The van der Waals surface area contributed by atoms with Gasteiger partial charge in [-0.05, 0) is 12.1 Å². The third-order valence-corrected chi connectivity index (χ3v) is 4.21. The zero-order chi connectivity index (χ0) is 16.1. The van der Waals surface area contributed by atoms with Gasteiger partial charge in [0.1, 0.15) is 17.1 Å². The number of carbonyl (C=O) groups is 1. The minimum atomic E-state index is -0.421. The summed E-state index contributed by atoms with van der Waals surface area (Å²) in [5.41, 5.74) is 0.199. The average molecular weight is 322 g/mol. The zero-order valence-electron chi connectivity index (χ0n) is 13.3. The predicted octanol–water partition coefficient (Wildman–Crippen LogP) is 2.20. The number of methoxy groups -OCH3 is 1. The molecule has 0 aliphatic carbocycles. The molecule has 23 heavy (non-hydrogen) atoms. The first-order chi connectivity index (χ1) is 11.2. The minimum Gasteiger partial charge on any atom is -0.486 e. The average Bonchev–Trinajstić information content (AvgIpc) is 2.55. The molecule has 0 unspecified atom stereocenters. The summed E-state index contributed by atoms with van der Waals surface area (Å²) in [5.74, 6) is 1.34. The fourth-order valence-corrected chi connectivity index (χ4v) is 2.90. The topological polar surface area (TPSA) is 63.2 Å². The molecule has 1 saturated heterocycles. The molecule has 126 valence electrons. The summed E-state index contributed by atoms with van der Waals surface area (Å²) in [5, 5.41) is 0. The molecular formula is C17H22O6. The Kier molecular flexibility index (Phi) is 5.15. The van der Waals surface area contributed by atoms with Crippen molar-refractivity contribution in [1.82, 2.24) is 0 Å². The van der Waals surface area contributed by atoms with Gasteiger partial charge < -0.3 is 23.7 Å². The Bertz CT molecular complexity index is 550. The van der Waals surface area contributed by atoms with Crippen LogP contribution in [0.2, 0.25) is 0 Å². The normalized spacial score (nSPS) is 19.3. The van der Waals surface area contributed by atoms with Gasteiger partial charge in [-0.15, -0.1) is 0 Å². The van der Waals surface area contributed by atoms with E-state index in [0.29, 0.717) is 49.9 Å². The highest BCUT2D eigenvalue weighted by molar-refractivity contribution is 6.00. The lowest BCUT2D eigenvalue weighted by Gasteiger charge is -2.40. The van der Waals surface area contributed by atoms with E-state index in [0.717, 1.165) is 12.8 Å². The molecule has 0 radical (unpaired) electrons. The Morgan fingerprint density at radius 3 is 2.83 bits per heavy atom. The number of rotatable bonds is 6. The van der Waals surface area contributed by atoms with Crippen molar-refractivity contribution in [3.8, 4) is 11.5 Å². The second kappa shape index (κ2) is 7.29. The first kappa shape index (κ1) is 16.2. The fourth-order valence-electron chi connectivity index (χ4n) is 2.90. The maximum Gasteiger partial charge on any atom is 0.189 e. The van der Waals surface area contributed by atoms with Crippen LogP contribution in [-0.4, -0.2) is 51.7 Å². The molecule has 1 aromatic carbocycles. The van der Waals surface area contributed by atoms with E-state index in [4.69, 9.17) is 23.7 Å². The van der Waals surface area contributed by atoms with Crippen LogP contribution in [-0.2, 0) is 14.2 Å². The minimum absolute atomic E-state index is 0.121. The van der Waals surface area contributed by atoms with Crippen LogP contribution in [0.5, 0.6) is 11.5 Å². The van der Waals surface area contributed by atoms with Crippen LogP contribution in [0.25, 0.3) is 0 Å². The van der Waals surface area contributed by atoms with Crippen molar-refractivity contribution in [2.24, 2.45) is 0 Å². The van der Waals surface area contributed by atoms with E-state index < -0.39 is 5.60 Å². The largest absolute Gasteiger partial charge is 0.486 e. The Balaban J connectivity index is 1.66. The molecule has 2 aliphatic heterocycles. The number of ether oxygens (including phenoxy) is 5. The van der Waals surface area contributed by atoms with Crippen LogP contribution in [0.3, 0.4) is 0 Å². The predicted molar refractivity (Wildman–Crippen MR) is 82.1 cm³/mol. The molecule has 1 spiro atoms. The first-order valence-electron chi connectivity index (χ1n) is 7.86. The Morgan fingerprint density at radius 2 is 2.04 bits per heavy atom. The van der Waals surface area contributed by atoms with E-state index in [1.807, 2.05) is 0 Å². The van der Waals surface area contributed by atoms with Crippen LogP contribution < -0.4 is 9.47 Å². The number of fused-ring (bicyclic) bond motifs is 1. The number of ketones is 1. The van der Waals surface area contributed by atoms with E-state index in [1.165, 1.54) is 0 Å². The van der Waals surface area contributed by atoms with Crippen LogP contribution in [0.4, 0.5) is 0 Å². The lowest BCUT2D eigenvalue weighted by Crippen LogP contribution is -2.46. The first-order valence-corrected chi connectivity index (χ1v) is 7.86. The Morgan fingerprint density at radius 1 is 1.22 bits per heavy atom. The lowest BCUT2D eigenvalue weighted by atomic mass is 9.84. The summed E-state index contributed by atoms with van der Waals surface area (Å²) in [6.07, 6.45) is 1.90. The van der Waals surface area contributed by atoms with Gasteiger partial charge in [0.25, 0.3) is 0 Å². The molecule has 6 nitrogen and oxygen atoms in total. The molecule has 1 fully saturated rings. The standard InChI is InChI=1S/C17H22O6/c1-19-8-9-21-12-22-13-2-3-14-15(18)11-17(23-16(14)10-13)4-6-20-7-5-17/h2-3,10H,4-9,11-12H2,1H3. The van der Waals surface area contributed by atoms with Crippen LogP contribution in [0, 0.1) is 0 Å². The van der Waals surface area contributed by atoms with E-state index >= 15 is 0 Å².